The second-order valence-electron chi connectivity index (χ2n) is 6.95. The molecule has 1 atom stereocenters. The Morgan fingerprint density at radius 3 is 2.50 bits per heavy atom. The number of nitrogens with one attached hydrogen (secondary N) is 1. The standard InChI is InChI=1S/C19H23N5O5S/c1-13(17(25)23-15-4-2-5-16(12-15)30(20,27)28)29-18(26)14-6-10-24(11-7-14)19-21-8-3-9-22-19/h2-5,8-9,12-14H,6-7,10-11H2,1H3,(H,23,25)(H2,20,27,28). The number of aromatic nitrogens is 2. The molecule has 0 aliphatic carbocycles. The Balaban J connectivity index is 1.51. The Morgan fingerprint density at radius 1 is 1.20 bits per heavy atom. The molecule has 10 nitrogen and oxygen atoms in total. The fourth-order valence-electron chi connectivity index (χ4n) is 3.09. The lowest BCUT2D eigenvalue weighted by Gasteiger charge is -2.31. The summed E-state index contributed by atoms with van der Waals surface area (Å²) in [5.41, 5.74) is 0.241. The number of primary sulfonamides is 1. The summed E-state index contributed by atoms with van der Waals surface area (Å²) < 4.78 is 28.2. The van der Waals surface area contributed by atoms with Crippen LogP contribution in [0.25, 0.3) is 0 Å². The van der Waals surface area contributed by atoms with Gasteiger partial charge in [-0.3, -0.25) is 9.59 Å². The van der Waals surface area contributed by atoms with Crippen LogP contribution >= 0.6 is 0 Å². The normalized spacial score (nSPS) is 16.0. The molecule has 0 radical (unpaired) electrons. The SMILES string of the molecule is CC(OC(=O)C1CCN(c2ncccn2)CC1)C(=O)Nc1cccc(S(N)(=O)=O)c1. The summed E-state index contributed by atoms with van der Waals surface area (Å²) in [6.45, 7) is 2.69. The molecule has 1 fully saturated rings. The fourth-order valence-corrected chi connectivity index (χ4v) is 3.65. The lowest BCUT2D eigenvalue weighted by atomic mass is 9.97. The van der Waals surface area contributed by atoms with Crippen LogP contribution in [0.3, 0.4) is 0 Å². The number of benzene rings is 1. The number of hydrogen-bond donors (Lipinski definition) is 2. The minimum absolute atomic E-state index is 0.126. The quantitative estimate of drug-likeness (QED) is 0.640. The second kappa shape index (κ2) is 9.18. The smallest absolute Gasteiger partial charge is 0.309 e. The minimum Gasteiger partial charge on any atom is -0.452 e. The van der Waals surface area contributed by atoms with Gasteiger partial charge >= 0.3 is 5.97 Å². The number of piperidine rings is 1. The highest BCUT2D eigenvalue weighted by Crippen LogP contribution is 2.22. The number of rotatable bonds is 6. The van der Waals surface area contributed by atoms with Gasteiger partial charge in [-0.2, -0.15) is 0 Å². The van der Waals surface area contributed by atoms with Gasteiger partial charge in [-0.25, -0.2) is 23.5 Å². The average molecular weight is 433 g/mol. The Morgan fingerprint density at radius 2 is 1.87 bits per heavy atom. The van der Waals surface area contributed by atoms with Crippen molar-refractivity contribution in [2.75, 3.05) is 23.3 Å². The molecule has 30 heavy (non-hydrogen) atoms. The van der Waals surface area contributed by atoms with Crippen LogP contribution in [-0.4, -0.2) is 49.5 Å². The lowest BCUT2D eigenvalue weighted by molar-refractivity contribution is -0.158. The number of carbonyl (C=O) groups excluding carboxylic acids is 2. The summed E-state index contributed by atoms with van der Waals surface area (Å²) in [4.78, 5) is 35.1. The summed E-state index contributed by atoms with van der Waals surface area (Å²) in [7, 11) is -3.89. The van der Waals surface area contributed by atoms with Crippen LogP contribution in [0.2, 0.25) is 0 Å². The van der Waals surface area contributed by atoms with Crippen molar-refractivity contribution in [3.63, 3.8) is 0 Å². The summed E-state index contributed by atoms with van der Waals surface area (Å²) in [6.07, 6.45) is 3.44. The third-order valence-corrected chi connectivity index (χ3v) is 5.67. The molecule has 0 saturated carbocycles. The number of esters is 1. The van der Waals surface area contributed by atoms with Gasteiger partial charge in [0.15, 0.2) is 6.10 Å². The van der Waals surface area contributed by atoms with Gasteiger partial charge in [-0.05, 0) is 44.0 Å². The van der Waals surface area contributed by atoms with E-state index in [-0.39, 0.29) is 16.5 Å². The van der Waals surface area contributed by atoms with Gasteiger partial charge in [0.2, 0.25) is 16.0 Å². The van der Waals surface area contributed by atoms with Crippen LogP contribution in [0.4, 0.5) is 11.6 Å². The van der Waals surface area contributed by atoms with Gasteiger partial charge in [0.25, 0.3) is 5.91 Å². The van der Waals surface area contributed by atoms with Gasteiger partial charge in [-0.15, -0.1) is 0 Å². The molecule has 1 aromatic carbocycles. The van der Waals surface area contributed by atoms with E-state index in [4.69, 9.17) is 9.88 Å². The first-order valence-corrected chi connectivity index (χ1v) is 10.9. The molecule has 2 aromatic rings. The zero-order valence-electron chi connectivity index (χ0n) is 16.4. The maximum absolute atomic E-state index is 12.4. The van der Waals surface area contributed by atoms with E-state index in [1.54, 1.807) is 18.5 Å². The molecule has 1 unspecified atom stereocenters. The number of carbonyl (C=O) groups is 2. The predicted octanol–water partition coefficient (Wildman–Crippen LogP) is 0.911. The molecule has 2 heterocycles. The van der Waals surface area contributed by atoms with Crippen LogP contribution in [0.15, 0.2) is 47.6 Å². The average Bonchev–Trinajstić information content (AvgIpc) is 2.74. The monoisotopic (exact) mass is 433 g/mol. The van der Waals surface area contributed by atoms with Crippen molar-refractivity contribution in [3.05, 3.63) is 42.7 Å². The first-order chi connectivity index (χ1) is 14.2. The van der Waals surface area contributed by atoms with E-state index >= 15 is 0 Å². The number of nitrogens with zero attached hydrogens (tertiary/aromatic N) is 3. The van der Waals surface area contributed by atoms with Gasteiger partial charge in [0.05, 0.1) is 10.8 Å². The zero-order valence-corrected chi connectivity index (χ0v) is 17.2. The number of anilines is 2. The zero-order chi connectivity index (χ0) is 21.7. The Labute approximate surface area is 174 Å². The summed E-state index contributed by atoms with van der Waals surface area (Å²) in [6, 6.07) is 7.27. The van der Waals surface area contributed by atoms with Gasteiger partial charge in [0.1, 0.15) is 0 Å². The van der Waals surface area contributed by atoms with Crippen molar-refractivity contribution >= 4 is 33.5 Å². The van der Waals surface area contributed by atoms with Gasteiger partial charge < -0.3 is 15.0 Å². The molecule has 1 aliphatic rings. The largest absolute Gasteiger partial charge is 0.452 e. The third kappa shape index (κ3) is 5.51. The van der Waals surface area contributed by atoms with Crippen molar-refractivity contribution in [2.24, 2.45) is 11.1 Å². The lowest BCUT2D eigenvalue weighted by Crippen LogP contribution is -2.39. The molecule has 11 heteroatoms. The van der Waals surface area contributed by atoms with Crippen LogP contribution in [-0.2, 0) is 24.3 Å². The predicted molar refractivity (Wildman–Crippen MR) is 109 cm³/mol. The van der Waals surface area contributed by atoms with Crippen molar-refractivity contribution in [1.29, 1.82) is 0 Å². The minimum atomic E-state index is -3.89. The first kappa shape index (κ1) is 21.7. The summed E-state index contributed by atoms with van der Waals surface area (Å²) >= 11 is 0. The number of hydrogen-bond acceptors (Lipinski definition) is 8. The van der Waals surface area contributed by atoms with E-state index in [2.05, 4.69) is 15.3 Å². The van der Waals surface area contributed by atoms with E-state index in [1.165, 1.54) is 31.2 Å². The molecule has 1 saturated heterocycles. The molecular weight excluding hydrogens is 410 g/mol. The highest BCUT2D eigenvalue weighted by molar-refractivity contribution is 7.89. The van der Waals surface area contributed by atoms with Crippen molar-refractivity contribution in [2.45, 2.75) is 30.8 Å². The van der Waals surface area contributed by atoms with Gasteiger partial charge in [0, 0.05) is 31.2 Å². The number of sulfonamides is 1. The molecule has 0 bridgehead atoms. The fraction of sp³-hybridized carbons (Fsp3) is 0.368. The highest BCUT2D eigenvalue weighted by atomic mass is 32.2. The molecule has 3 N–H and O–H groups in total. The van der Waals surface area contributed by atoms with E-state index in [0.29, 0.717) is 31.9 Å². The molecular formula is C19H23N5O5S. The Kier molecular flexibility index (Phi) is 6.63. The Bertz CT molecular complexity index is 1010. The number of nitrogens with two attached hydrogens (primary N) is 1. The van der Waals surface area contributed by atoms with E-state index in [1.807, 2.05) is 4.90 Å². The van der Waals surface area contributed by atoms with Crippen LogP contribution in [0, 0.1) is 5.92 Å². The molecule has 0 spiro atoms. The van der Waals surface area contributed by atoms with Crippen molar-refractivity contribution in [3.8, 4) is 0 Å². The van der Waals surface area contributed by atoms with E-state index in [0.717, 1.165) is 0 Å². The number of amides is 1. The molecule has 3 rings (SSSR count). The summed E-state index contributed by atoms with van der Waals surface area (Å²) in [5.74, 6) is -0.695. The van der Waals surface area contributed by atoms with Crippen LogP contribution in [0.1, 0.15) is 19.8 Å². The third-order valence-electron chi connectivity index (χ3n) is 4.76. The van der Waals surface area contributed by atoms with Crippen molar-refractivity contribution in [1.82, 2.24) is 9.97 Å². The summed E-state index contributed by atoms with van der Waals surface area (Å²) in [5, 5.41) is 7.62. The van der Waals surface area contributed by atoms with E-state index in [9.17, 15) is 18.0 Å². The van der Waals surface area contributed by atoms with Gasteiger partial charge in [-0.1, -0.05) is 6.07 Å². The van der Waals surface area contributed by atoms with Crippen LogP contribution in [0.5, 0.6) is 0 Å². The van der Waals surface area contributed by atoms with Crippen molar-refractivity contribution < 1.29 is 22.7 Å². The maximum Gasteiger partial charge on any atom is 0.309 e. The highest BCUT2D eigenvalue weighted by Gasteiger charge is 2.29. The Hall–Kier alpha value is -3.05. The molecule has 160 valence electrons. The molecule has 1 aliphatic heterocycles. The number of ether oxygens (including phenoxy) is 1. The van der Waals surface area contributed by atoms with E-state index < -0.39 is 28.0 Å². The molecule has 1 amide bonds. The first-order valence-electron chi connectivity index (χ1n) is 9.40. The second-order valence-corrected chi connectivity index (χ2v) is 8.51. The van der Waals surface area contributed by atoms with Crippen LogP contribution < -0.4 is 15.4 Å². The molecule has 1 aromatic heterocycles. The maximum atomic E-state index is 12.4. The topological polar surface area (TPSA) is 145 Å².